The SMILES string of the molecule is O=C(O)C(O)C(Cc1ccccc1)c1ccsc1. The second-order valence-electron chi connectivity index (χ2n) is 4.14. The Kier molecular flexibility index (Phi) is 4.12. The van der Waals surface area contributed by atoms with Crippen LogP contribution in [0.5, 0.6) is 0 Å². The fourth-order valence-electron chi connectivity index (χ4n) is 1.94. The number of rotatable bonds is 5. The third-order valence-corrected chi connectivity index (χ3v) is 3.61. The van der Waals surface area contributed by atoms with E-state index in [9.17, 15) is 9.90 Å². The van der Waals surface area contributed by atoms with Crippen LogP contribution in [0.2, 0.25) is 0 Å². The number of benzene rings is 1. The van der Waals surface area contributed by atoms with Crippen molar-refractivity contribution >= 4 is 17.3 Å². The second kappa shape index (κ2) is 5.80. The topological polar surface area (TPSA) is 57.5 Å². The maximum Gasteiger partial charge on any atom is 0.333 e. The lowest BCUT2D eigenvalue weighted by molar-refractivity contribution is -0.147. The van der Waals surface area contributed by atoms with Crippen LogP contribution < -0.4 is 0 Å². The predicted molar refractivity (Wildman–Crippen MR) is 70.8 cm³/mol. The summed E-state index contributed by atoms with van der Waals surface area (Å²) in [7, 11) is 0. The molecule has 0 saturated heterocycles. The van der Waals surface area contributed by atoms with Crippen LogP contribution in [-0.4, -0.2) is 22.3 Å². The van der Waals surface area contributed by atoms with Gasteiger partial charge in [0.05, 0.1) is 0 Å². The van der Waals surface area contributed by atoms with Crippen LogP contribution in [0, 0.1) is 0 Å². The number of aliphatic hydroxyl groups is 1. The van der Waals surface area contributed by atoms with Gasteiger partial charge in [0.2, 0.25) is 0 Å². The molecule has 94 valence electrons. The van der Waals surface area contributed by atoms with Gasteiger partial charge < -0.3 is 10.2 Å². The third-order valence-electron chi connectivity index (χ3n) is 2.90. The van der Waals surface area contributed by atoms with Crippen molar-refractivity contribution in [2.24, 2.45) is 0 Å². The van der Waals surface area contributed by atoms with E-state index in [1.165, 1.54) is 11.3 Å². The highest BCUT2D eigenvalue weighted by Crippen LogP contribution is 2.26. The Morgan fingerprint density at radius 2 is 1.94 bits per heavy atom. The third kappa shape index (κ3) is 2.97. The Morgan fingerprint density at radius 3 is 2.50 bits per heavy atom. The van der Waals surface area contributed by atoms with Crippen LogP contribution in [0.3, 0.4) is 0 Å². The number of aliphatic carboxylic acids is 1. The van der Waals surface area contributed by atoms with Gasteiger partial charge >= 0.3 is 5.97 Å². The van der Waals surface area contributed by atoms with Gasteiger partial charge in [-0.3, -0.25) is 0 Å². The summed E-state index contributed by atoms with van der Waals surface area (Å²) in [5, 5.41) is 22.6. The van der Waals surface area contributed by atoms with E-state index in [4.69, 9.17) is 5.11 Å². The highest BCUT2D eigenvalue weighted by atomic mass is 32.1. The van der Waals surface area contributed by atoms with Crippen molar-refractivity contribution in [3.63, 3.8) is 0 Å². The Hall–Kier alpha value is -1.65. The predicted octanol–water partition coefficient (Wildman–Crippen LogP) is 2.52. The zero-order valence-electron chi connectivity index (χ0n) is 9.69. The minimum atomic E-state index is -1.38. The molecule has 2 unspecified atom stereocenters. The van der Waals surface area contributed by atoms with Crippen molar-refractivity contribution in [2.75, 3.05) is 0 Å². The van der Waals surface area contributed by atoms with Gasteiger partial charge in [0.1, 0.15) is 0 Å². The number of aliphatic hydroxyl groups excluding tert-OH is 1. The number of carboxylic acids is 1. The van der Waals surface area contributed by atoms with Gasteiger partial charge in [-0.15, -0.1) is 0 Å². The van der Waals surface area contributed by atoms with Gasteiger partial charge in [-0.1, -0.05) is 30.3 Å². The lowest BCUT2D eigenvalue weighted by Gasteiger charge is -2.19. The van der Waals surface area contributed by atoms with Gasteiger partial charge in [0.25, 0.3) is 0 Å². The van der Waals surface area contributed by atoms with Crippen LogP contribution in [0.4, 0.5) is 0 Å². The number of hydrogen-bond donors (Lipinski definition) is 2. The van der Waals surface area contributed by atoms with Gasteiger partial charge in [-0.25, -0.2) is 4.79 Å². The molecule has 18 heavy (non-hydrogen) atoms. The first-order chi connectivity index (χ1) is 8.68. The molecule has 0 bridgehead atoms. The highest BCUT2D eigenvalue weighted by Gasteiger charge is 2.27. The summed E-state index contributed by atoms with van der Waals surface area (Å²) in [6.45, 7) is 0. The van der Waals surface area contributed by atoms with Crippen LogP contribution in [0.1, 0.15) is 17.0 Å². The van der Waals surface area contributed by atoms with Gasteiger partial charge in [0, 0.05) is 5.92 Å². The first kappa shape index (κ1) is 12.8. The van der Waals surface area contributed by atoms with Crippen LogP contribution in [-0.2, 0) is 11.2 Å². The molecule has 0 aliphatic carbocycles. The van der Waals surface area contributed by atoms with E-state index >= 15 is 0 Å². The molecule has 0 radical (unpaired) electrons. The average Bonchev–Trinajstić information content (AvgIpc) is 2.90. The van der Waals surface area contributed by atoms with E-state index in [1.54, 1.807) is 0 Å². The van der Waals surface area contributed by atoms with E-state index < -0.39 is 18.0 Å². The minimum absolute atomic E-state index is 0.406. The van der Waals surface area contributed by atoms with Crippen LogP contribution in [0.25, 0.3) is 0 Å². The van der Waals surface area contributed by atoms with Crippen molar-refractivity contribution in [3.05, 3.63) is 58.3 Å². The lowest BCUT2D eigenvalue weighted by Crippen LogP contribution is -2.28. The molecule has 0 aliphatic rings. The van der Waals surface area contributed by atoms with Crippen LogP contribution in [0.15, 0.2) is 47.2 Å². The number of carboxylic acid groups (broad SMARTS) is 1. The summed E-state index contributed by atoms with van der Waals surface area (Å²) < 4.78 is 0. The summed E-state index contributed by atoms with van der Waals surface area (Å²) in [5.41, 5.74) is 1.90. The summed E-state index contributed by atoms with van der Waals surface area (Å²) in [4.78, 5) is 11.0. The average molecular weight is 262 g/mol. The smallest absolute Gasteiger partial charge is 0.333 e. The summed E-state index contributed by atoms with van der Waals surface area (Å²) in [6, 6.07) is 11.5. The van der Waals surface area contributed by atoms with Crippen molar-refractivity contribution in [2.45, 2.75) is 18.4 Å². The largest absolute Gasteiger partial charge is 0.479 e. The van der Waals surface area contributed by atoms with E-state index in [0.717, 1.165) is 11.1 Å². The molecule has 1 aromatic heterocycles. The molecule has 4 heteroatoms. The Bertz CT molecular complexity index is 493. The number of hydrogen-bond acceptors (Lipinski definition) is 3. The Balaban J connectivity index is 2.23. The van der Waals surface area contributed by atoms with E-state index in [1.807, 2.05) is 47.2 Å². The van der Waals surface area contributed by atoms with Crippen molar-refractivity contribution in [1.82, 2.24) is 0 Å². The van der Waals surface area contributed by atoms with Gasteiger partial charge in [0.15, 0.2) is 6.10 Å². The fraction of sp³-hybridized carbons (Fsp3) is 0.214. The Morgan fingerprint density at radius 1 is 1.22 bits per heavy atom. The maximum atomic E-state index is 11.0. The van der Waals surface area contributed by atoms with Crippen molar-refractivity contribution in [1.29, 1.82) is 0 Å². The summed E-state index contributed by atoms with van der Waals surface area (Å²) in [6.07, 6.45) is -0.856. The molecular formula is C14H14O3S. The molecule has 0 aliphatic heterocycles. The molecule has 3 nitrogen and oxygen atoms in total. The minimum Gasteiger partial charge on any atom is -0.479 e. The standard InChI is InChI=1S/C14H14O3S/c15-13(14(16)17)12(11-6-7-18-9-11)8-10-4-2-1-3-5-10/h1-7,9,12-13,15H,8H2,(H,16,17). The molecule has 1 aromatic carbocycles. The molecule has 0 fully saturated rings. The maximum absolute atomic E-state index is 11.0. The van der Waals surface area contributed by atoms with Crippen molar-refractivity contribution in [3.8, 4) is 0 Å². The van der Waals surface area contributed by atoms with Crippen LogP contribution >= 0.6 is 11.3 Å². The molecule has 2 atom stereocenters. The van der Waals surface area contributed by atoms with Gasteiger partial charge in [-0.2, -0.15) is 11.3 Å². The molecule has 0 amide bonds. The monoisotopic (exact) mass is 262 g/mol. The van der Waals surface area contributed by atoms with E-state index in [2.05, 4.69) is 0 Å². The van der Waals surface area contributed by atoms with E-state index in [0.29, 0.717) is 6.42 Å². The fourth-order valence-corrected chi connectivity index (χ4v) is 2.66. The molecule has 0 saturated carbocycles. The zero-order valence-corrected chi connectivity index (χ0v) is 10.5. The molecule has 2 aromatic rings. The van der Waals surface area contributed by atoms with Crippen molar-refractivity contribution < 1.29 is 15.0 Å². The summed E-state index contributed by atoms with van der Waals surface area (Å²) >= 11 is 1.50. The molecule has 0 spiro atoms. The second-order valence-corrected chi connectivity index (χ2v) is 4.92. The highest BCUT2D eigenvalue weighted by molar-refractivity contribution is 7.08. The quantitative estimate of drug-likeness (QED) is 0.870. The van der Waals surface area contributed by atoms with E-state index in [-0.39, 0.29) is 0 Å². The lowest BCUT2D eigenvalue weighted by atomic mass is 9.89. The normalized spacial score (nSPS) is 14.1. The molecule has 1 heterocycles. The molecule has 2 N–H and O–H groups in total. The summed E-state index contributed by atoms with van der Waals surface area (Å²) in [5.74, 6) is -1.58. The number of thiophene rings is 1. The zero-order chi connectivity index (χ0) is 13.0. The first-order valence-corrected chi connectivity index (χ1v) is 6.59. The molecule has 2 rings (SSSR count). The molecular weight excluding hydrogens is 248 g/mol. The Labute approximate surface area is 109 Å². The van der Waals surface area contributed by atoms with Gasteiger partial charge in [-0.05, 0) is 34.4 Å². The number of carbonyl (C=O) groups is 1. The first-order valence-electron chi connectivity index (χ1n) is 5.65.